The molecular weight excluding hydrogens is 242 g/mol. The zero-order valence-electron chi connectivity index (χ0n) is 12.0. The van der Waals surface area contributed by atoms with Crippen LogP contribution in [-0.2, 0) is 9.59 Å². The van der Waals surface area contributed by atoms with Gasteiger partial charge < -0.3 is 15.5 Å². The molecule has 2 N–H and O–H groups in total. The lowest BCUT2D eigenvalue weighted by Crippen LogP contribution is -2.53. The molecule has 0 aromatic heterocycles. The number of nitrogens with zero attached hydrogens (tertiary/aromatic N) is 2. The summed E-state index contributed by atoms with van der Waals surface area (Å²) in [5.74, 6) is 0.0771. The summed E-state index contributed by atoms with van der Waals surface area (Å²) in [4.78, 5) is 28.1. The van der Waals surface area contributed by atoms with Crippen LogP contribution in [0, 0.1) is 5.92 Å². The lowest BCUT2D eigenvalue weighted by Gasteiger charge is -2.39. The molecule has 2 saturated heterocycles. The maximum absolute atomic E-state index is 12.6. The van der Waals surface area contributed by atoms with Crippen molar-refractivity contribution in [2.75, 3.05) is 19.6 Å². The van der Waals surface area contributed by atoms with Crippen molar-refractivity contribution in [3.8, 4) is 0 Å². The van der Waals surface area contributed by atoms with E-state index in [1.54, 1.807) is 4.90 Å². The van der Waals surface area contributed by atoms with Crippen LogP contribution in [0.15, 0.2) is 0 Å². The van der Waals surface area contributed by atoms with Gasteiger partial charge in [0.15, 0.2) is 0 Å². The number of hydrogen-bond acceptors (Lipinski definition) is 3. The van der Waals surface area contributed by atoms with E-state index in [9.17, 15) is 9.59 Å². The van der Waals surface area contributed by atoms with Gasteiger partial charge in [-0.1, -0.05) is 0 Å². The number of rotatable bonds is 3. The van der Waals surface area contributed by atoms with E-state index in [1.165, 1.54) is 0 Å². The van der Waals surface area contributed by atoms with Crippen LogP contribution in [0.5, 0.6) is 0 Å². The molecule has 19 heavy (non-hydrogen) atoms. The fourth-order valence-corrected chi connectivity index (χ4v) is 3.26. The fraction of sp³-hybridized carbons (Fsp3) is 0.857. The van der Waals surface area contributed by atoms with E-state index in [-0.39, 0.29) is 29.8 Å². The monoisotopic (exact) mass is 267 g/mol. The van der Waals surface area contributed by atoms with Crippen LogP contribution in [0.25, 0.3) is 0 Å². The van der Waals surface area contributed by atoms with Gasteiger partial charge in [-0.25, -0.2) is 0 Å². The predicted molar refractivity (Wildman–Crippen MR) is 73.4 cm³/mol. The number of piperidine rings is 1. The second kappa shape index (κ2) is 5.90. The van der Waals surface area contributed by atoms with Gasteiger partial charge in [0, 0.05) is 38.1 Å². The van der Waals surface area contributed by atoms with Gasteiger partial charge in [0.05, 0.1) is 5.92 Å². The number of nitrogens with two attached hydrogens (primary N) is 1. The molecule has 3 unspecified atom stereocenters. The van der Waals surface area contributed by atoms with Crippen LogP contribution in [-0.4, -0.2) is 53.3 Å². The second-order valence-corrected chi connectivity index (χ2v) is 5.79. The Balaban J connectivity index is 2.04. The Labute approximate surface area is 115 Å². The van der Waals surface area contributed by atoms with E-state index >= 15 is 0 Å². The second-order valence-electron chi connectivity index (χ2n) is 5.79. The highest BCUT2D eigenvalue weighted by Gasteiger charge is 2.39. The Hall–Kier alpha value is -1.10. The average molecular weight is 267 g/mol. The van der Waals surface area contributed by atoms with Crippen LogP contribution in [0.3, 0.4) is 0 Å². The minimum Gasteiger partial charge on any atom is -0.342 e. The molecule has 0 radical (unpaired) electrons. The highest BCUT2D eigenvalue weighted by atomic mass is 16.2. The van der Waals surface area contributed by atoms with Crippen molar-refractivity contribution in [1.82, 2.24) is 9.80 Å². The van der Waals surface area contributed by atoms with Crippen molar-refractivity contribution in [1.29, 1.82) is 0 Å². The lowest BCUT2D eigenvalue weighted by atomic mass is 9.94. The first-order chi connectivity index (χ1) is 9.04. The largest absolute Gasteiger partial charge is 0.342 e. The van der Waals surface area contributed by atoms with Gasteiger partial charge in [0.2, 0.25) is 11.8 Å². The molecule has 0 bridgehead atoms. The Kier molecular flexibility index (Phi) is 4.45. The molecule has 0 spiro atoms. The Bertz CT molecular complexity index is 357. The quantitative estimate of drug-likeness (QED) is 0.813. The summed E-state index contributed by atoms with van der Waals surface area (Å²) in [5, 5.41) is 0. The number of amides is 2. The van der Waals surface area contributed by atoms with Crippen molar-refractivity contribution in [3.63, 3.8) is 0 Å². The number of carbonyl (C=O) groups is 2. The van der Waals surface area contributed by atoms with Crippen molar-refractivity contribution in [2.45, 2.75) is 51.6 Å². The number of hydrogen-bond donors (Lipinski definition) is 1. The smallest absolute Gasteiger partial charge is 0.228 e. The molecule has 0 aromatic rings. The molecule has 5 nitrogen and oxygen atoms in total. The predicted octanol–water partition coefficient (Wildman–Crippen LogP) is 0.583. The standard InChI is InChI=1S/C14H25N3O2/c1-3-16-9-11(8-13(16)18)14(19)17-7-5-4-6-12(17)10(2)15/h10-12H,3-9,15H2,1-2H3. The number of likely N-dealkylation sites (tertiary alicyclic amines) is 2. The highest BCUT2D eigenvalue weighted by Crippen LogP contribution is 2.25. The Morgan fingerprint density at radius 3 is 2.79 bits per heavy atom. The van der Waals surface area contributed by atoms with Gasteiger partial charge in [-0.05, 0) is 33.1 Å². The molecular formula is C14H25N3O2. The minimum atomic E-state index is -0.160. The van der Waals surface area contributed by atoms with Crippen LogP contribution < -0.4 is 5.73 Å². The third-order valence-electron chi connectivity index (χ3n) is 4.38. The molecule has 2 heterocycles. The van der Waals surface area contributed by atoms with Crippen molar-refractivity contribution in [3.05, 3.63) is 0 Å². The van der Waals surface area contributed by atoms with Crippen molar-refractivity contribution < 1.29 is 9.59 Å². The summed E-state index contributed by atoms with van der Waals surface area (Å²) >= 11 is 0. The highest BCUT2D eigenvalue weighted by molar-refractivity contribution is 5.89. The van der Waals surface area contributed by atoms with E-state index in [4.69, 9.17) is 5.73 Å². The van der Waals surface area contributed by atoms with Crippen LogP contribution in [0.1, 0.15) is 39.5 Å². The third kappa shape index (κ3) is 2.91. The minimum absolute atomic E-state index is 0.00336. The van der Waals surface area contributed by atoms with Crippen molar-refractivity contribution >= 4 is 11.8 Å². The fourth-order valence-electron chi connectivity index (χ4n) is 3.26. The Morgan fingerprint density at radius 1 is 1.47 bits per heavy atom. The molecule has 5 heteroatoms. The molecule has 0 aromatic carbocycles. The van der Waals surface area contributed by atoms with Gasteiger partial charge in [-0.3, -0.25) is 9.59 Å². The zero-order valence-corrected chi connectivity index (χ0v) is 12.0. The summed E-state index contributed by atoms with van der Waals surface area (Å²) in [7, 11) is 0. The zero-order chi connectivity index (χ0) is 14.0. The molecule has 0 saturated carbocycles. The summed E-state index contributed by atoms with van der Waals surface area (Å²) in [5.41, 5.74) is 6.00. The summed E-state index contributed by atoms with van der Waals surface area (Å²) < 4.78 is 0. The van der Waals surface area contributed by atoms with E-state index in [2.05, 4.69) is 0 Å². The SMILES string of the molecule is CCN1CC(C(=O)N2CCCCC2C(C)N)CC1=O. The average Bonchev–Trinajstić information content (AvgIpc) is 2.79. The normalized spacial score (nSPS) is 29.7. The molecule has 3 atom stereocenters. The first-order valence-electron chi connectivity index (χ1n) is 7.38. The molecule has 2 fully saturated rings. The lowest BCUT2D eigenvalue weighted by molar-refractivity contribution is -0.139. The third-order valence-corrected chi connectivity index (χ3v) is 4.38. The van der Waals surface area contributed by atoms with E-state index < -0.39 is 0 Å². The van der Waals surface area contributed by atoms with Crippen LogP contribution >= 0.6 is 0 Å². The van der Waals surface area contributed by atoms with Crippen LogP contribution in [0.2, 0.25) is 0 Å². The summed E-state index contributed by atoms with van der Waals surface area (Å²) in [6, 6.07) is 0.149. The molecule has 2 rings (SSSR count). The van der Waals surface area contributed by atoms with Crippen molar-refractivity contribution in [2.24, 2.45) is 11.7 Å². The Morgan fingerprint density at radius 2 is 2.21 bits per heavy atom. The molecule has 2 aliphatic heterocycles. The molecule has 108 valence electrons. The van der Waals surface area contributed by atoms with Gasteiger partial charge in [0.1, 0.15) is 0 Å². The van der Waals surface area contributed by atoms with Gasteiger partial charge in [-0.15, -0.1) is 0 Å². The van der Waals surface area contributed by atoms with E-state index in [1.807, 2.05) is 18.7 Å². The van der Waals surface area contributed by atoms with E-state index in [0.29, 0.717) is 19.5 Å². The van der Waals surface area contributed by atoms with E-state index in [0.717, 1.165) is 25.8 Å². The maximum Gasteiger partial charge on any atom is 0.228 e. The first kappa shape index (κ1) is 14.3. The topological polar surface area (TPSA) is 66.6 Å². The van der Waals surface area contributed by atoms with Crippen LogP contribution in [0.4, 0.5) is 0 Å². The maximum atomic E-state index is 12.6. The number of carbonyl (C=O) groups excluding carboxylic acids is 2. The van der Waals surface area contributed by atoms with Gasteiger partial charge in [0.25, 0.3) is 0 Å². The molecule has 0 aliphatic carbocycles. The van der Waals surface area contributed by atoms with Gasteiger partial charge >= 0.3 is 0 Å². The van der Waals surface area contributed by atoms with Gasteiger partial charge in [-0.2, -0.15) is 0 Å². The first-order valence-corrected chi connectivity index (χ1v) is 7.38. The summed E-state index contributed by atoms with van der Waals surface area (Å²) in [6.07, 6.45) is 3.55. The summed E-state index contributed by atoms with van der Waals surface area (Å²) in [6.45, 7) is 5.99. The molecule has 2 aliphatic rings. The molecule has 2 amide bonds.